The highest BCUT2D eigenvalue weighted by Crippen LogP contribution is 2.42. The van der Waals surface area contributed by atoms with Gasteiger partial charge in [0.1, 0.15) is 5.92 Å². The molecule has 10 heteroatoms. The molecule has 7 nitrogen and oxygen atoms in total. The lowest BCUT2D eigenvalue weighted by molar-refractivity contribution is -0.150. The van der Waals surface area contributed by atoms with Gasteiger partial charge in [0.05, 0.1) is 29.5 Å². The van der Waals surface area contributed by atoms with Gasteiger partial charge in [0, 0.05) is 21.1 Å². The zero-order chi connectivity index (χ0) is 23.3. The van der Waals surface area contributed by atoms with Crippen LogP contribution in [0.5, 0.6) is 0 Å². The predicted molar refractivity (Wildman–Crippen MR) is 126 cm³/mol. The molecule has 2 aromatic carbocycles. The average Bonchev–Trinajstić information content (AvgIpc) is 2.78. The summed E-state index contributed by atoms with van der Waals surface area (Å²) in [6, 6.07) is 15.8. The Labute approximate surface area is 202 Å². The van der Waals surface area contributed by atoms with E-state index in [0.29, 0.717) is 16.3 Å². The molecule has 2 aromatic rings. The molecule has 2 N–H and O–H groups in total. The maximum Gasteiger partial charge on any atom is 0.319 e. The van der Waals surface area contributed by atoms with Crippen molar-refractivity contribution in [3.05, 3.63) is 74.2 Å². The van der Waals surface area contributed by atoms with Gasteiger partial charge in [0.25, 0.3) is 0 Å². The van der Waals surface area contributed by atoms with Crippen LogP contribution in [0.4, 0.5) is 5.69 Å². The number of hydrogen-bond donors (Lipinski definition) is 2. The third kappa shape index (κ3) is 5.33. The summed E-state index contributed by atoms with van der Waals surface area (Å²) < 4.78 is 5.68. The zero-order valence-electron chi connectivity index (χ0n) is 16.7. The van der Waals surface area contributed by atoms with Gasteiger partial charge in [-0.15, -0.1) is 0 Å². The molecule has 164 valence electrons. The number of ether oxygens (including phenoxy) is 1. The first kappa shape index (κ1) is 23.9. The van der Waals surface area contributed by atoms with E-state index in [4.69, 9.17) is 16.3 Å². The van der Waals surface area contributed by atoms with E-state index in [-0.39, 0.29) is 22.3 Å². The topological polar surface area (TPSA) is 108 Å². The van der Waals surface area contributed by atoms with Crippen molar-refractivity contribution in [2.24, 2.45) is 5.92 Å². The second kappa shape index (κ2) is 10.7. The van der Waals surface area contributed by atoms with Crippen molar-refractivity contribution in [3.63, 3.8) is 0 Å². The van der Waals surface area contributed by atoms with Gasteiger partial charge < -0.3 is 15.4 Å². The average molecular weight is 535 g/mol. The fourth-order valence-corrected chi connectivity index (χ4v) is 4.62. The Morgan fingerprint density at radius 2 is 1.94 bits per heavy atom. The van der Waals surface area contributed by atoms with Gasteiger partial charge in [-0.1, -0.05) is 57.5 Å². The van der Waals surface area contributed by atoms with Gasteiger partial charge in [-0.3, -0.25) is 14.4 Å². The number of benzene rings is 2. The molecular weight excluding hydrogens is 518 g/mol. The molecule has 0 aromatic heterocycles. The lowest BCUT2D eigenvalue weighted by Gasteiger charge is -2.31. The van der Waals surface area contributed by atoms with Crippen molar-refractivity contribution in [2.75, 3.05) is 18.2 Å². The first-order valence-electron chi connectivity index (χ1n) is 9.31. The van der Waals surface area contributed by atoms with Gasteiger partial charge >= 0.3 is 5.97 Å². The van der Waals surface area contributed by atoms with Crippen molar-refractivity contribution < 1.29 is 19.1 Å². The minimum Gasteiger partial charge on any atom is -0.468 e. The van der Waals surface area contributed by atoms with Crippen LogP contribution in [-0.2, 0) is 19.1 Å². The third-order valence-electron chi connectivity index (χ3n) is 4.70. The van der Waals surface area contributed by atoms with Gasteiger partial charge in [0.15, 0.2) is 0 Å². The number of methoxy groups -OCH3 is 1. The van der Waals surface area contributed by atoms with Crippen molar-refractivity contribution >= 4 is 62.8 Å². The van der Waals surface area contributed by atoms with Crippen LogP contribution in [0.15, 0.2) is 63.6 Å². The first-order valence-corrected chi connectivity index (χ1v) is 11.5. The number of anilines is 1. The minimum absolute atomic E-state index is 0.0605. The number of nitrogens with one attached hydrogen (secondary N) is 2. The fourth-order valence-electron chi connectivity index (χ4n) is 3.25. The number of rotatable bonds is 6. The zero-order valence-corrected chi connectivity index (χ0v) is 19.9. The van der Waals surface area contributed by atoms with E-state index in [0.717, 1.165) is 16.2 Å². The minimum atomic E-state index is -1.28. The predicted octanol–water partition coefficient (Wildman–Crippen LogP) is 4.21. The first-order chi connectivity index (χ1) is 15.3. The highest BCUT2D eigenvalue weighted by Gasteiger charge is 2.45. The van der Waals surface area contributed by atoms with E-state index >= 15 is 0 Å². The number of hydrogen-bond acceptors (Lipinski definition) is 6. The van der Waals surface area contributed by atoms with Gasteiger partial charge in [-0.05, 0) is 35.9 Å². The Balaban J connectivity index is 1.89. The van der Waals surface area contributed by atoms with Crippen LogP contribution in [0.1, 0.15) is 11.5 Å². The van der Waals surface area contributed by atoms with Crippen LogP contribution in [0, 0.1) is 17.2 Å². The SMILES string of the molecule is COC(=O)[C@H]1C(=O)NC(SCC(=O)Nc2ccc(Br)cc2)=C(C#N)[C@@H]1c1ccccc1Cl. The standard InChI is InChI=1S/C22H17BrClN3O4S/c1-31-22(30)19-18(14-4-2-3-5-16(14)24)15(10-25)21(27-20(19)29)32-11-17(28)26-13-8-6-12(23)7-9-13/h2-9,18-19H,11H2,1H3,(H,26,28)(H,27,29)/t18-,19+/m0/s1. The molecule has 3 rings (SSSR count). The number of nitriles is 1. The van der Waals surface area contributed by atoms with Crippen molar-refractivity contribution in [2.45, 2.75) is 5.92 Å². The molecule has 0 bridgehead atoms. The van der Waals surface area contributed by atoms with Crippen LogP contribution in [0.25, 0.3) is 0 Å². The number of thioether (sulfide) groups is 1. The molecule has 1 aliphatic rings. The second-order valence-corrected chi connectivity index (χ2v) is 9.00. The Hall–Kier alpha value is -2.80. The second-order valence-electron chi connectivity index (χ2n) is 6.69. The van der Waals surface area contributed by atoms with Crippen LogP contribution in [-0.4, -0.2) is 30.6 Å². The van der Waals surface area contributed by atoms with E-state index in [1.807, 2.05) is 0 Å². The number of carbonyl (C=O) groups is 3. The van der Waals surface area contributed by atoms with E-state index in [2.05, 4.69) is 32.6 Å². The number of halogens is 2. The number of nitrogens with zero attached hydrogens (tertiary/aromatic N) is 1. The number of allylic oxidation sites excluding steroid dienone is 1. The molecular formula is C22H17BrClN3O4S. The van der Waals surface area contributed by atoms with E-state index in [1.165, 1.54) is 7.11 Å². The summed E-state index contributed by atoms with van der Waals surface area (Å²) in [6.07, 6.45) is 0. The molecule has 1 aliphatic heterocycles. The molecule has 2 atom stereocenters. The summed E-state index contributed by atoms with van der Waals surface area (Å²) in [4.78, 5) is 37.6. The van der Waals surface area contributed by atoms with Crippen LogP contribution < -0.4 is 10.6 Å². The van der Waals surface area contributed by atoms with Crippen molar-refractivity contribution in [1.29, 1.82) is 5.26 Å². The van der Waals surface area contributed by atoms with E-state index < -0.39 is 23.7 Å². The highest BCUT2D eigenvalue weighted by atomic mass is 79.9. The Morgan fingerprint density at radius 1 is 1.25 bits per heavy atom. The Bertz CT molecular complexity index is 1130. The monoisotopic (exact) mass is 533 g/mol. The number of amides is 2. The summed E-state index contributed by atoms with van der Waals surface area (Å²) in [7, 11) is 1.17. The summed E-state index contributed by atoms with van der Waals surface area (Å²) in [5.41, 5.74) is 1.20. The van der Waals surface area contributed by atoms with Crippen LogP contribution >= 0.6 is 39.3 Å². The van der Waals surface area contributed by atoms with Gasteiger partial charge in [-0.25, -0.2) is 0 Å². The largest absolute Gasteiger partial charge is 0.468 e. The summed E-state index contributed by atoms with van der Waals surface area (Å²) in [5.74, 6) is -4.01. The highest BCUT2D eigenvalue weighted by molar-refractivity contribution is 9.10. The lowest BCUT2D eigenvalue weighted by Crippen LogP contribution is -2.44. The van der Waals surface area contributed by atoms with Crippen LogP contribution in [0.2, 0.25) is 5.02 Å². The molecule has 0 spiro atoms. The summed E-state index contributed by atoms with van der Waals surface area (Å²) >= 11 is 10.7. The van der Waals surface area contributed by atoms with E-state index in [1.54, 1.807) is 48.5 Å². The van der Waals surface area contributed by atoms with Crippen molar-refractivity contribution in [3.8, 4) is 6.07 Å². The molecule has 1 heterocycles. The lowest BCUT2D eigenvalue weighted by atomic mass is 9.78. The number of esters is 1. The van der Waals surface area contributed by atoms with Gasteiger partial charge in [0.2, 0.25) is 11.8 Å². The van der Waals surface area contributed by atoms with Crippen molar-refractivity contribution in [1.82, 2.24) is 5.32 Å². The molecule has 0 unspecified atom stereocenters. The smallest absolute Gasteiger partial charge is 0.319 e. The van der Waals surface area contributed by atoms with E-state index in [9.17, 15) is 19.6 Å². The summed E-state index contributed by atoms with van der Waals surface area (Å²) in [5, 5.41) is 15.7. The maximum absolute atomic E-state index is 12.8. The Kier molecular flexibility index (Phi) is 7.96. The Morgan fingerprint density at radius 3 is 2.56 bits per heavy atom. The van der Waals surface area contributed by atoms with Crippen LogP contribution in [0.3, 0.4) is 0 Å². The number of carbonyl (C=O) groups excluding carboxylic acids is 3. The molecule has 0 saturated heterocycles. The fraction of sp³-hybridized carbons (Fsp3) is 0.182. The molecule has 2 amide bonds. The third-order valence-corrected chi connectivity index (χ3v) is 6.59. The summed E-state index contributed by atoms with van der Waals surface area (Å²) in [6.45, 7) is 0. The quantitative estimate of drug-likeness (QED) is 0.425. The molecule has 0 radical (unpaired) electrons. The molecule has 0 fully saturated rings. The maximum atomic E-state index is 12.8. The van der Waals surface area contributed by atoms with Gasteiger partial charge in [-0.2, -0.15) is 5.26 Å². The molecule has 0 aliphatic carbocycles. The molecule has 32 heavy (non-hydrogen) atoms. The molecule has 0 saturated carbocycles. The normalized spacial score (nSPS) is 17.9.